The maximum absolute atomic E-state index is 12.6. The Morgan fingerprint density at radius 2 is 2.00 bits per heavy atom. The summed E-state index contributed by atoms with van der Waals surface area (Å²) in [6.07, 6.45) is 5.50. The van der Waals surface area contributed by atoms with Crippen LogP contribution >= 0.6 is 11.8 Å². The SMILES string of the molecule is OC1C=CC(=Cc2ccc(F)cc2)S1. The number of aliphatic hydroxyl groups is 1. The zero-order valence-electron chi connectivity index (χ0n) is 7.35. The summed E-state index contributed by atoms with van der Waals surface area (Å²) in [5.74, 6) is -0.234. The molecule has 0 aliphatic carbocycles. The minimum atomic E-state index is -0.443. The molecule has 1 N–H and O–H groups in total. The monoisotopic (exact) mass is 208 g/mol. The molecule has 1 atom stereocenters. The van der Waals surface area contributed by atoms with Crippen LogP contribution in [0.25, 0.3) is 6.08 Å². The summed E-state index contributed by atoms with van der Waals surface area (Å²) < 4.78 is 12.6. The predicted octanol–water partition coefficient (Wildman–Crippen LogP) is 2.79. The van der Waals surface area contributed by atoms with Crippen LogP contribution in [0.2, 0.25) is 0 Å². The summed E-state index contributed by atoms with van der Waals surface area (Å²) in [6.45, 7) is 0. The Hall–Kier alpha value is -1.06. The fourth-order valence-electron chi connectivity index (χ4n) is 1.20. The Labute approximate surface area is 86.0 Å². The molecule has 2 rings (SSSR count). The maximum Gasteiger partial charge on any atom is 0.123 e. The first-order valence-electron chi connectivity index (χ1n) is 4.24. The third-order valence-corrected chi connectivity index (χ3v) is 2.79. The number of halogens is 1. The van der Waals surface area contributed by atoms with Crippen LogP contribution in [0.15, 0.2) is 41.3 Å². The van der Waals surface area contributed by atoms with Crippen LogP contribution in [0.4, 0.5) is 4.39 Å². The van der Waals surface area contributed by atoms with Crippen LogP contribution in [0.5, 0.6) is 0 Å². The van der Waals surface area contributed by atoms with Gasteiger partial charge in [0.2, 0.25) is 0 Å². The van der Waals surface area contributed by atoms with E-state index < -0.39 is 5.44 Å². The highest BCUT2D eigenvalue weighted by atomic mass is 32.2. The van der Waals surface area contributed by atoms with E-state index in [1.807, 2.05) is 12.2 Å². The lowest BCUT2D eigenvalue weighted by molar-refractivity contribution is 0.312. The topological polar surface area (TPSA) is 20.2 Å². The van der Waals surface area contributed by atoms with Gasteiger partial charge in [-0.25, -0.2) is 4.39 Å². The molecule has 1 aromatic rings. The first-order chi connectivity index (χ1) is 6.74. The van der Waals surface area contributed by atoms with Gasteiger partial charge in [0.05, 0.1) is 0 Å². The molecule has 3 heteroatoms. The van der Waals surface area contributed by atoms with Gasteiger partial charge in [-0.3, -0.25) is 0 Å². The van der Waals surface area contributed by atoms with Crippen LogP contribution in [-0.4, -0.2) is 10.5 Å². The van der Waals surface area contributed by atoms with Crippen LogP contribution in [0.1, 0.15) is 5.56 Å². The zero-order chi connectivity index (χ0) is 9.97. The lowest BCUT2D eigenvalue weighted by Crippen LogP contribution is -1.86. The average molecular weight is 208 g/mol. The largest absolute Gasteiger partial charge is 0.378 e. The Balaban J connectivity index is 2.18. The van der Waals surface area contributed by atoms with Crippen LogP contribution < -0.4 is 0 Å². The molecule has 0 saturated heterocycles. The highest BCUT2D eigenvalue weighted by Crippen LogP contribution is 2.30. The molecular formula is C11H9FOS. The van der Waals surface area contributed by atoms with E-state index in [0.29, 0.717) is 0 Å². The fourth-order valence-corrected chi connectivity index (χ4v) is 2.00. The summed E-state index contributed by atoms with van der Waals surface area (Å²) >= 11 is 1.38. The van der Waals surface area contributed by atoms with Gasteiger partial charge in [-0.05, 0) is 35.9 Å². The number of benzene rings is 1. The summed E-state index contributed by atoms with van der Waals surface area (Å²) in [6, 6.07) is 6.27. The summed E-state index contributed by atoms with van der Waals surface area (Å²) in [5, 5.41) is 9.20. The van der Waals surface area contributed by atoms with Crippen LogP contribution in [0.3, 0.4) is 0 Å². The highest BCUT2D eigenvalue weighted by Gasteiger charge is 2.09. The van der Waals surface area contributed by atoms with Crippen molar-refractivity contribution in [3.05, 3.63) is 52.7 Å². The molecule has 1 aliphatic rings. The highest BCUT2D eigenvalue weighted by molar-refractivity contribution is 8.04. The summed E-state index contributed by atoms with van der Waals surface area (Å²) in [4.78, 5) is 0.990. The first kappa shape index (κ1) is 9.49. The Morgan fingerprint density at radius 1 is 1.29 bits per heavy atom. The molecule has 1 aliphatic heterocycles. The number of allylic oxidation sites excluding steroid dienone is 1. The number of thioether (sulfide) groups is 1. The van der Waals surface area contributed by atoms with Gasteiger partial charge in [0.1, 0.15) is 11.3 Å². The molecule has 0 radical (unpaired) electrons. The molecule has 0 fully saturated rings. The van der Waals surface area contributed by atoms with Crippen molar-refractivity contribution in [2.45, 2.75) is 5.44 Å². The third kappa shape index (κ3) is 2.25. The number of hydrogen-bond acceptors (Lipinski definition) is 2. The second-order valence-corrected chi connectivity index (χ2v) is 4.16. The molecule has 14 heavy (non-hydrogen) atoms. The van der Waals surface area contributed by atoms with E-state index in [9.17, 15) is 9.50 Å². The minimum absolute atomic E-state index is 0.234. The van der Waals surface area contributed by atoms with Gasteiger partial charge in [0.15, 0.2) is 0 Å². The van der Waals surface area contributed by atoms with Crippen molar-refractivity contribution in [3.8, 4) is 0 Å². The van der Waals surface area contributed by atoms with Crippen molar-refractivity contribution < 1.29 is 9.50 Å². The van der Waals surface area contributed by atoms with E-state index in [0.717, 1.165) is 10.5 Å². The standard InChI is InChI=1S/C11H9FOS/c12-9-3-1-8(2-4-9)7-10-5-6-11(13)14-10/h1-7,11,13H. The lowest BCUT2D eigenvalue weighted by Gasteiger charge is -1.98. The second kappa shape index (κ2) is 3.98. The predicted molar refractivity (Wildman–Crippen MR) is 57.1 cm³/mol. The third-order valence-electron chi connectivity index (χ3n) is 1.86. The van der Waals surface area contributed by atoms with E-state index in [1.54, 1.807) is 18.2 Å². The van der Waals surface area contributed by atoms with Crippen molar-refractivity contribution >= 4 is 17.8 Å². The average Bonchev–Trinajstić information content (AvgIpc) is 2.56. The second-order valence-electron chi connectivity index (χ2n) is 2.97. The minimum Gasteiger partial charge on any atom is -0.378 e. The number of rotatable bonds is 1. The van der Waals surface area contributed by atoms with E-state index >= 15 is 0 Å². The van der Waals surface area contributed by atoms with E-state index in [1.165, 1.54) is 23.9 Å². The molecule has 1 nitrogen and oxygen atoms in total. The molecule has 1 aromatic carbocycles. The van der Waals surface area contributed by atoms with Gasteiger partial charge < -0.3 is 5.11 Å². The molecule has 0 spiro atoms. The Kier molecular flexibility index (Phi) is 2.70. The molecule has 0 amide bonds. The number of aliphatic hydroxyl groups excluding tert-OH is 1. The van der Waals surface area contributed by atoms with E-state index in [2.05, 4.69) is 0 Å². The van der Waals surface area contributed by atoms with Gasteiger partial charge in [0.25, 0.3) is 0 Å². The summed E-state index contributed by atoms with van der Waals surface area (Å²) in [7, 11) is 0. The molecule has 72 valence electrons. The Bertz CT molecular complexity index is 381. The Morgan fingerprint density at radius 3 is 2.57 bits per heavy atom. The smallest absolute Gasteiger partial charge is 0.123 e. The quantitative estimate of drug-likeness (QED) is 0.765. The number of hydrogen-bond donors (Lipinski definition) is 1. The molecule has 1 heterocycles. The van der Waals surface area contributed by atoms with Gasteiger partial charge in [-0.15, -0.1) is 0 Å². The fraction of sp³-hybridized carbons (Fsp3) is 0.0909. The van der Waals surface area contributed by atoms with Crippen LogP contribution in [0, 0.1) is 5.82 Å². The molecule has 0 aromatic heterocycles. The first-order valence-corrected chi connectivity index (χ1v) is 5.12. The summed E-state index contributed by atoms with van der Waals surface area (Å²) in [5.41, 5.74) is 0.495. The van der Waals surface area contributed by atoms with Gasteiger partial charge >= 0.3 is 0 Å². The van der Waals surface area contributed by atoms with E-state index in [-0.39, 0.29) is 5.82 Å². The zero-order valence-corrected chi connectivity index (χ0v) is 8.17. The van der Waals surface area contributed by atoms with Crippen molar-refractivity contribution in [2.24, 2.45) is 0 Å². The van der Waals surface area contributed by atoms with Crippen molar-refractivity contribution in [2.75, 3.05) is 0 Å². The molecule has 1 unspecified atom stereocenters. The molecular weight excluding hydrogens is 199 g/mol. The van der Waals surface area contributed by atoms with Crippen molar-refractivity contribution in [1.82, 2.24) is 0 Å². The van der Waals surface area contributed by atoms with Crippen LogP contribution in [-0.2, 0) is 0 Å². The lowest BCUT2D eigenvalue weighted by atomic mass is 10.2. The normalized spacial score (nSPS) is 23.3. The van der Waals surface area contributed by atoms with Crippen molar-refractivity contribution in [1.29, 1.82) is 0 Å². The van der Waals surface area contributed by atoms with Crippen molar-refractivity contribution in [3.63, 3.8) is 0 Å². The molecule has 0 saturated carbocycles. The van der Waals surface area contributed by atoms with Gasteiger partial charge in [-0.2, -0.15) is 0 Å². The maximum atomic E-state index is 12.6. The van der Waals surface area contributed by atoms with E-state index in [4.69, 9.17) is 0 Å². The van der Waals surface area contributed by atoms with Gasteiger partial charge in [-0.1, -0.05) is 23.9 Å². The van der Waals surface area contributed by atoms with Gasteiger partial charge in [0, 0.05) is 4.91 Å². The molecule has 0 bridgehead atoms.